The van der Waals surface area contributed by atoms with Crippen LogP contribution in [-0.4, -0.2) is 25.0 Å². The van der Waals surface area contributed by atoms with E-state index in [9.17, 15) is 14.0 Å². The lowest BCUT2D eigenvalue weighted by atomic mass is 10.1. The highest BCUT2D eigenvalue weighted by molar-refractivity contribution is 6.06. The van der Waals surface area contributed by atoms with Crippen molar-refractivity contribution in [3.63, 3.8) is 0 Å². The Balaban J connectivity index is 1.42. The first kappa shape index (κ1) is 26.4. The van der Waals surface area contributed by atoms with Gasteiger partial charge in [-0.05, 0) is 92.1 Å². The lowest BCUT2D eigenvalue weighted by Gasteiger charge is -2.23. The highest BCUT2D eigenvalue weighted by atomic mass is 19.1. The van der Waals surface area contributed by atoms with Crippen molar-refractivity contribution in [2.24, 2.45) is 0 Å². The maximum atomic E-state index is 13.4. The third kappa shape index (κ3) is 6.97. The van der Waals surface area contributed by atoms with E-state index < -0.39 is 5.82 Å². The molecule has 0 aliphatic rings. The van der Waals surface area contributed by atoms with E-state index in [0.29, 0.717) is 42.3 Å². The first-order valence-corrected chi connectivity index (χ1v) is 12.4. The minimum absolute atomic E-state index is 0.262. The zero-order valence-electron chi connectivity index (χ0n) is 21.4. The smallest absolute Gasteiger partial charge is 0.319 e. The standard InChI is InChI=1S/C31H30FN3O3/c1-22-8-6-9-23(2)29(22)34-31(37)33-20-7-21-35(30(36)24-12-14-25(32)15-13-24)26-16-18-28(19-17-26)38-27-10-4-3-5-11-27/h3-6,8-19H,7,20-21H2,1-2H3,(H2,33,34,37). The molecule has 4 aromatic carbocycles. The van der Waals surface area contributed by atoms with Crippen molar-refractivity contribution in [1.29, 1.82) is 0 Å². The quantitative estimate of drug-likeness (QED) is 0.236. The molecule has 4 rings (SSSR count). The zero-order chi connectivity index (χ0) is 26.9. The van der Waals surface area contributed by atoms with E-state index in [1.165, 1.54) is 24.3 Å². The van der Waals surface area contributed by atoms with Gasteiger partial charge in [0.2, 0.25) is 0 Å². The Kier molecular flexibility index (Phi) is 8.72. The Morgan fingerprint density at radius 2 is 1.42 bits per heavy atom. The summed E-state index contributed by atoms with van der Waals surface area (Å²) in [6.45, 7) is 4.59. The number of carbonyl (C=O) groups excluding carboxylic acids is 2. The van der Waals surface area contributed by atoms with Crippen LogP contribution in [0.15, 0.2) is 97.1 Å². The first-order valence-electron chi connectivity index (χ1n) is 12.4. The number of nitrogens with one attached hydrogen (secondary N) is 2. The molecule has 0 saturated carbocycles. The number of halogens is 1. The number of para-hydroxylation sites is 2. The Morgan fingerprint density at radius 3 is 2.08 bits per heavy atom. The highest BCUT2D eigenvalue weighted by Gasteiger charge is 2.18. The van der Waals surface area contributed by atoms with E-state index in [1.807, 2.05) is 62.4 Å². The summed E-state index contributed by atoms with van der Waals surface area (Å²) in [5.41, 5.74) is 3.79. The van der Waals surface area contributed by atoms with Gasteiger partial charge in [-0.25, -0.2) is 9.18 Å². The maximum Gasteiger partial charge on any atom is 0.319 e. The van der Waals surface area contributed by atoms with E-state index in [4.69, 9.17) is 4.74 Å². The number of anilines is 2. The molecule has 0 aliphatic heterocycles. The first-order chi connectivity index (χ1) is 18.4. The number of nitrogens with zero attached hydrogens (tertiary/aromatic N) is 1. The SMILES string of the molecule is Cc1cccc(C)c1NC(=O)NCCCN(C(=O)c1ccc(F)cc1)c1ccc(Oc2ccccc2)cc1. The number of ether oxygens (including phenoxy) is 1. The van der Waals surface area contributed by atoms with Crippen LogP contribution in [0.2, 0.25) is 0 Å². The molecule has 0 heterocycles. The zero-order valence-corrected chi connectivity index (χ0v) is 21.4. The van der Waals surface area contributed by atoms with E-state index in [1.54, 1.807) is 29.2 Å². The van der Waals surface area contributed by atoms with Crippen LogP contribution in [0.4, 0.5) is 20.6 Å². The molecule has 2 N–H and O–H groups in total. The molecule has 38 heavy (non-hydrogen) atoms. The third-order valence-electron chi connectivity index (χ3n) is 6.03. The number of benzene rings is 4. The largest absolute Gasteiger partial charge is 0.457 e. The normalized spacial score (nSPS) is 10.5. The molecule has 6 nitrogen and oxygen atoms in total. The molecule has 0 spiro atoms. The summed E-state index contributed by atoms with van der Waals surface area (Å²) in [4.78, 5) is 27.4. The van der Waals surface area contributed by atoms with Crippen molar-refractivity contribution in [2.45, 2.75) is 20.3 Å². The fraction of sp³-hybridized carbons (Fsp3) is 0.161. The molecule has 4 aromatic rings. The van der Waals surface area contributed by atoms with Crippen molar-refractivity contribution >= 4 is 23.3 Å². The Labute approximate surface area is 222 Å². The van der Waals surface area contributed by atoms with E-state index >= 15 is 0 Å². The average molecular weight is 512 g/mol. The predicted molar refractivity (Wildman–Crippen MR) is 149 cm³/mol. The van der Waals surface area contributed by atoms with Crippen LogP contribution in [0.5, 0.6) is 11.5 Å². The van der Waals surface area contributed by atoms with Crippen molar-refractivity contribution in [1.82, 2.24) is 5.32 Å². The van der Waals surface area contributed by atoms with Gasteiger partial charge in [0.05, 0.1) is 0 Å². The van der Waals surface area contributed by atoms with Gasteiger partial charge in [-0.1, -0.05) is 36.4 Å². The van der Waals surface area contributed by atoms with Gasteiger partial charge in [0, 0.05) is 30.0 Å². The summed E-state index contributed by atoms with van der Waals surface area (Å²) in [7, 11) is 0. The second-order valence-electron chi connectivity index (χ2n) is 8.87. The molecule has 0 atom stereocenters. The van der Waals surface area contributed by atoms with Gasteiger partial charge in [-0.2, -0.15) is 0 Å². The number of aryl methyl sites for hydroxylation is 2. The molecular formula is C31H30FN3O3. The van der Waals surface area contributed by atoms with Crippen LogP contribution in [0.25, 0.3) is 0 Å². The second kappa shape index (κ2) is 12.5. The Hall–Kier alpha value is -4.65. The topological polar surface area (TPSA) is 70.7 Å². The maximum absolute atomic E-state index is 13.4. The minimum Gasteiger partial charge on any atom is -0.457 e. The van der Waals surface area contributed by atoms with Crippen molar-refractivity contribution in [3.05, 3.63) is 120 Å². The molecule has 7 heteroatoms. The van der Waals surface area contributed by atoms with Crippen LogP contribution >= 0.6 is 0 Å². The lowest BCUT2D eigenvalue weighted by molar-refractivity contribution is 0.0986. The summed E-state index contributed by atoms with van der Waals surface area (Å²) in [6.07, 6.45) is 0.509. The summed E-state index contributed by atoms with van der Waals surface area (Å²) in [6, 6.07) is 27.6. The Morgan fingerprint density at radius 1 is 0.789 bits per heavy atom. The van der Waals surface area contributed by atoms with E-state index in [-0.39, 0.29) is 11.9 Å². The fourth-order valence-electron chi connectivity index (χ4n) is 4.02. The van der Waals surface area contributed by atoms with Crippen LogP contribution in [-0.2, 0) is 0 Å². The summed E-state index contributed by atoms with van der Waals surface area (Å²) in [5, 5.41) is 5.76. The number of hydrogen-bond donors (Lipinski definition) is 2. The van der Waals surface area contributed by atoms with Gasteiger partial charge in [0.15, 0.2) is 0 Å². The van der Waals surface area contributed by atoms with Gasteiger partial charge in [0.1, 0.15) is 17.3 Å². The number of carbonyl (C=O) groups is 2. The van der Waals surface area contributed by atoms with Gasteiger partial charge in [-0.15, -0.1) is 0 Å². The van der Waals surface area contributed by atoms with Crippen LogP contribution in [0, 0.1) is 19.7 Å². The number of rotatable bonds is 9. The van der Waals surface area contributed by atoms with Crippen molar-refractivity contribution in [2.75, 3.05) is 23.3 Å². The molecule has 0 unspecified atom stereocenters. The summed E-state index contributed by atoms with van der Waals surface area (Å²) < 4.78 is 19.3. The Bertz CT molecular complexity index is 1350. The van der Waals surface area contributed by atoms with Crippen molar-refractivity contribution in [3.8, 4) is 11.5 Å². The molecule has 194 valence electrons. The fourth-order valence-corrected chi connectivity index (χ4v) is 4.02. The van der Waals surface area contributed by atoms with Gasteiger partial charge in [-0.3, -0.25) is 4.79 Å². The molecule has 0 bridgehead atoms. The molecule has 3 amide bonds. The molecule has 0 radical (unpaired) electrons. The average Bonchev–Trinajstić information content (AvgIpc) is 2.92. The number of amides is 3. The number of hydrogen-bond acceptors (Lipinski definition) is 3. The number of urea groups is 1. The molecule has 0 fully saturated rings. The monoisotopic (exact) mass is 511 g/mol. The summed E-state index contributed by atoms with van der Waals surface area (Å²) >= 11 is 0. The lowest BCUT2D eigenvalue weighted by Crippen LogP contribution is -2.35. The minimum atomic E-state index is -0.408. The van der Waals surface area contributed by atoms with Gasteiger partial charge >= 0.3 is 6.03 Å². The highest BCUT2D eigenvalue weighted by Crippen LogP contribution is 2.26. The third-order valence-corrected chi connectivity index (χ3v) is 6.03. The van der Waals surface area contributed by atoms with Crippen LogP contribution in [0.3, 0.4) is 0 Å². The van der Waals surface area contributed by atoms with E-state index in [0.717, 1.165) is 16.8 Å². The molecule has 0 saturated heterocycles. The molecule has 0 aliphatic carbocycles. The van der Waals surface area contributed by atoms with Gasteiger partial charge in [0.25, 0.3) is 5.91 Å². The van der Waals surface area contributed by atoms with E-state index in [2.05, 4.69) is 10.6 Å². The molecule has 0 aromatic heterocycles. The van der Waals surface area contributed by atoms with Crippen LogP contribution < -0.4 is 20.3 Å². The predicted octanol–water partition coefficient (Wildman–Crippen LogP) is 7.09. The van der Waals surface area contributed by atoms with Gasteiger partial charge < -0.3 is 20.3 Å². The molecular weight excluding hydrogens is 481 g/mol. The second-order valence-corrected chi connectivity index (χ2v) is 8.87. The summed E-state index contributed by atoms with van der Waals surface area (Å²) in [5.74, 6) is 0.681. The van der Waals surface area contributed by atoms with Crippen molar-refractivity contribution < 1.29 is 18.7 Å². The van der Waals surface area contributed by atoms with Crippen LogP contribution in [0.1, 0.15) is 27.9 Å².